The maximum Gasteiger partial charge on any atom is 0.354 e. The summed E-state index contributed by atoms with van der Waals surface area (Å²) in [5.41, 5.74) is -0.0491. The van der Waals surface area contributed by atoms with Crippen LogP contribution in [0.4, 0.5) is 0 Å². The number of sulfonamides is 1. The quantitative estimate of drug-likeness (QED) is 0.596. The topological polar surface area (TPSA) is 152 Å². The number of carbonyl (C=O) groups is 1. The number of nitrogens with one attached hydrogen (secondary N) is 1. The molecule has 1 saturated heterocycles. The maximum absolute atomic E-state index is 12.6. The zero-order valence-electron chi connectivity index (χ0n) is 14.1. The number of piperazine rings is 1. The summed E-state index contributed by atoms with van der Waals surface area (Å²) in [5.74, 6) is -1.47. The molecule has 2 heterocycles. The Labute approximate surface area is 156 Å². The van der Waals surface area contributed by atoms with Crippen LogP contribution < -0.4 is 10.5 Å². The average Bonchev–Trinajstić information content (AvgIpc) is 3.08. The molecule has 10 nitrogen and oxygen atoms in total. The predicted octanol–water partition coefficient (Wildman–Crippen LogP) is -0.501. The summed E-state index contributed by atoms with van der Waals surface area (Å²) in [6, 6.07) is 6.90. The Hall–Kier alpha value is -2.25. The van der Waals surface area contributed by atoms with Crippen molar-refractivity contribution in [1.82, 2.24) is 13.6 Å². The first kappa shape index (κ1) is 19.5. The van der Waals surface area contributed by atoms with E-state index in [-0.39, 0.29) is 10.5 Å². The van der Waals surface area contributed by atoms with Gasteiger partial charge in [0.25, 0.3) is 0 Å². The minimum absolute atomic E-state index is 0.0795. The molecular formula is C15H18N4O6S2. The smallest absolute Gasteiger partial charge is 0.354 e. The number of aromatic carboxylic acids is 1. The number of nitrogens with two attached hydrogens (primary N) is 1. The van der Waals surface area contributed by atoms with Crippen molar-refractivity contribution in [3.8, 4) is 11.1 Å². The molecule has 0 aliphatic carbocycles. The van der Waals surface area contributed by atoms with Gasteiger partial charge < -0.3 is 10.4 Å². The highest BCUT2D eigenvalue weighted by molar-refractivity contribution is 7.89. The summed E-state index contributed by atoms with van der Waals surface area (Å²) in [6.45, 7) is 1.87. The van der Waals surface area contributed by atoms with Crippen LogP contribution in [0.1, 0.15) is 10.5 Å². The second kappa shape index (κ2) is 7.05. The number of benzene rings is 1. The van der Waals surface area contributed by atoms with Gasteiger partial charge in [0, 0.05) is 37.9 Å². The molecule has 0 saturated carbocycles. The summed E-state index contributed by atoms with van der Waals surface area (Å²) in [6.07, 6.45) is 1.04. The van der Waals surface area contributed by atoms with Crippen LogP contribution in [-0.4, -0.2) is 62.4 Å². The molecule has 1 fully saturated rings. The molecule has 12 heteroatoms. The summed E-state index contributed by atoms with van der Waals surface area (Å²) in [4.78, 5) is 11.6. The van der Waals surface area contributed by atoms with Crippen LogP contribution in [0.2, 0.25) is 0 Å². The number of hydrogen-bond donors (Lipinski definition) is 3. The second-order valence-electron chi connectivity index (χ2n) is 5.90. The van der Waals surface area contributed by atoms with Gasteiger partial charge in [0.05, 0.1) is 4.90 Å². The number of carboxylic acids is 1. The van der Waals surface area contributed by atoms with Crippen molar-refractivity contribution in [2.75, 3.05) is 26.2 Å². The van der Waals surface area contributed by atoms with Gasteiger partial charge in [-0.15, -0.1) is 0 Å². The summed E-state index contributed by atoms with van der Waals surface area (Å²) in [5, 5.41) is 17.5. The molecule has 0 atom stereocenters. The third-order valence-corrected chi connectivity index (χ3v) is 6.97. The Kier molecular flexibility index (Phi) is 5.10. The van der Waals surface area contributed by atoms with E-state index in [0.717, 1.165) is 6.20 Å². The van der Waals surface area contributed by atoms with Crippen molar-refractivity contribution in [2.24, 2.45) is 5.14 Å². The zero-order chi connectivity index (χ0) is 19.8. The van der Waals surface area contributed by atoms with E-state index in [9.17, 15) is 26.7 Å². The van der Waals surface area contributed by atoms with Gasteiger partial charge in [-0.3, -0.25) is 0 Å². The van der Waals surface area contributed by atoms with Gasteiger partial charge in [-0.05, 0) is 23.8 Å². The van der Waals surface area contributed by atoms with Crippen molar-refractivity contribution in [3.05, 3.63) is 42.2 Å². The largest absolute Gasteiger partial charge is 0.477 e. The van der Waals surface area contributed by atoms with E-state index in [4.69, 9.17) is 5.14 Å². The highest BCUT2D eigenvalue weighted by Gasteiger charge is 2.27. The van der Waals surface area contributed by atoms with E-state index in [0.29, 0.717) is 35.7 Å². The fourth-order valence-corrected chi connectivity index (χ4v) is 5.01. The number of hydrogen-bond acceptors (Lipinski definition) is 6. The maximum atomic E-state index is 12.6. The molecule has 3 rings (SSSR count). The minimum Gasteiger partial charge on any atom is -0.477 e. The van der Waals surface area contributed by atoms with Crippen LogP contribution >= 0.6 is 0 Å². The monoisotopic (exact) mass is 414 g/mol. The van der Waals surface area contributed by atoms with Gasteiger partial charge in [0.15, 0.2) is 5.69 Å². The van der Waals surface area contributed by atoms with E-state index >= 15 is 0 Å². The van der Waals surface area contributed by atoms with Crippen molar-refractivity contribution in [1.29, 1.82) is 0 Å². The first-order valence-corrected chi connectivity index (χ1v) is 10.9. The summed E-state index contributed by atoms with van der Waals surface area (Å²) in [7, 11) is -7.93. The van der Waals surface area contributed by atoms with Gasteiger partial charge in [-0.1, -0.05) is 12.1 Å². The van der Waals surface area contributed by atoms with Crippen LogP contribution in [0.25, 0.3) is 11.1 Å². The van der Waals surface area contributed by atoms with Crippen molar-refractivity contribution in [2.45, 2.75) is 4.90 Å². The molecule has 1 aliphatic rings. The molecule has 2 aromatic rings. The van der Waals surface area contributed by atoms with E-state index in [1.54, 1.807) is 0 Å². The van der Waals surface area contributed by atoms with E-state index in [1.165, 1.54) is 34.6 Å². The molecule has 0 unspecified atom stereocenters. The molecule has 1 aromatic heterocycles. The molecule has 1 aliphatic heterocycles. The Bertz CT molecular complexity index is 1070. The number of carboxylic acid groups (broad SMARTS) is 1. The fourth-order valence-electron chi connectivity index (χ4n) is 2.91. The lowest BCUT2D eigenvalue weighted by molar-refractivity contribution is 0.0690. The summed E-state index contributed by atoms with van der Waals surface area (Å²) < 4.78 is 50.2. The Morgan fingerprint density at radius 2 is 1.63 bits per heavy atom. The van der Waals surface area contributed by atoms with Crippen molar-refractivity contribution in [3.63, 3.8) is 0 Å². The molecule has 27 heavy (non-hydrogen) atoms. The van der Waals surface area contributed by atoms with E-state index in [2.05, 4.69) is 5.32 Å². The fraction of sp³-hybridized carbons (Fsp3) is 0.267. The van der Waals surface area contributed by atoms with Gasteiger partial charge in [0.1, 0.15) is 0 Å². The summed E-state index contributed by atoms with van der Waals surface area (Å²) >= 11 is 0. The minimum atomic E-state index is -4.28. The van der Waals surface area contributed by atoms with Crippen LogP contribution in [0.15, 0.2) is 41.4 Å². The lowest BCUT2D eigenvalue weighted by Gasteiger charge is -2.26. The van der Waals surface area contributed by atoms with E-state index < -0.39 is 31.9 Å². The Morgan fingerprint density at radius 3 is 2.15 bits per heavy atom. The molecule has 0 spiro atoms. The zero-order valence-corrected chi connectivity index (χ0v) is 15.7. The van der Waals surface area contributed by atoms with Gasteiger partial charge >= 0.3 is 16.2 Å². The predicted molar refractivity (Wildman–Crippen MR) is 97.0 cm³/mol. The SMILES string of the molecule is NS(=O)(=O)n1ccc(-c2ccc(S(=O)(=O)N3CCNCC3)cc2)c1C(=O)O. The molecule has 0 radical (unpaired) electrons. The lowest BCUT2D eigenvalue weighted by Crippen LogP contribution is -2.46. The van der Waals surface area contributed by atoms with Crippen LogP contribution in [0.3, 0.4) is 0 Å². The first-order valence-electron chi connectivity index (χ1n) is 7.91. The first-order chi connectivity index (χ1) is 12.6. The standard InChI is InChI=1S/C15H18N4O6S2/c16-27(24,25)19-8-5-13(14(19)15(20)21)11-1-3-12(4-2-11)26(22,23)18-9-6-17-7-10-18/h1-5,8,17H,6-7,9-10H2,(H,20,21)(H2,16,24,25). The van der Waals surface area contributed by atoms with Gasteiger partial charge in [-0.25, -0.2) is 22.3 Å². The third kappa shape index (κ3) is 3.75. The average molecular weight is 414 g/mol. The highest BCUT2D eigenvalue weighted by atomic mass is 32.2. The normalized spacial score (nSPS) is 16.3. The van der Waals surface area contributed by atoms with Crippen LogP contribution in [0.5, 0.6) is 0 Å². The van der Waals surface area contributed by atoms with Gasteiger partial charge in [-0.2, -0.15) is 12.7 Å². The Balaban J connectivity index is 1.99. The molecule has 0 bridgehead atoms. The second-order valence-corrected chi connectivity index (χ2v) is 9.26. The van der Waals surface area contributed by atoms with Gasteiger partial charge in [0.2, 0.25) is 10.0 Å². The molecular weight excluding hydrogens is 396 g/mol. The molecule has 1 aromatic carbocycles. The van der Waals surface area contributed by atoms with Crippen molar-refractivity contribution < 1.29 is 26.7 Å². The number of rotatable bonds is 5. The number of aromatic nitrogens is 1. The molecule has 0 amide bonds. The Morgan fingerprint density at radius 1 is 1.04 bits per heavy atom. The highest BCUT2D eigenvalue weighted by Crippen LogP contribution is 2.27. The lowest BCUT2D eigenvalue weighted by atomic mass is 10.1. The molecule has 146 valence electrons. The van der Waals surface area contributed by atoms with E-state index in [1.807, 2.05) is 0 Å². The number of nitrogens with zero attached hydrogens (tertiary/aromatic N) is 2. The van der Waals surface area contributed by atoms with Crippen molar-refractivity contribution >= 4 is 26.2 Å². The van der Waals surface area contributed by atoms with Crippen LogP contribution in [-0.2, 0) is 20.2 Å². The third-order valence-electron chi connectivity index (χ3n) is 4.21. The molecule has 4 N–H and O–H groups in total. The van der Waals surface area contributed by atoms with Crippen LogP contribution in [0, 0.1) is 0 Å².